The van der Waals surface area contributed by atoms with E-state index < -0.39 is 6.09 Å². The molecule has 7 nitrogen and oxygen atoms in total. The summed E-state index contributed by atoms with van der Waals surface area (Å²) in [6.07, 6.45) is 9.14. The molecule has 7 heteroatoms. The van der Waals surface area contributed by atoms with Crippen LogP contribution in [0.3, 0.4) is 0 Å². The van der Waals surface area contributed by atoms with E-state index in [9.17, 15) is 9.59 Å². The average molecular weight is 392 g/mol. The molecule has 0 bridgehead atoms. The number of fused-ring (bicyclic) bond motifs is 1. The van der Waals surface area contributed by atoms with Crippen LogP contribution in [0.1, 0.15) is 49.3 Å². The molecule has 1 aliphatic carbocycles. The summed E-state index contributed by atoms with van der Waals surface area (Å²) in [5, 5.41) is 3.16. The molecule has 0 unspecified atom stereocenters. The summed E-state index contributed by atoms with van der Waals surface area (Å²) in [6, 6.07) is 8.97. The summed E-state index contributed by atoms with van der Waals surface area (Å²) in [5.41, 5.74) is 2.89. The molecule has 0 aliphatic heterocycles. The maximum Gasteiger partial charge on any atom is 0.412 e. The van der Waals surface area contributed by atoms with Crippen LogP contribution in [-0.4, -0.2) is 20.6 Å². The molecule has 29 heavy (non-hydrogen) atoms. The van der Waals surface area contributed by atoms with Crippen molar-refractivity contribution in [2.24, 2.45) is 7.05 Å². The van der Waals surface area contributed by atoms with Gasteiger partial charge in [-0.1, -0.05) is 25.3 Å². The number of nitrogens with zero attached hydrogens (tertiary/aromatic N) is 3. The van der Waals surface area contributed by atoms with E-state index in [1.54, 1.807) is 25.2 Å². The first-order valence-electron chi connectivity index (χ1n) is 9.94. The van der Waals surface area contributed by atoms with E-state index in [4.69, 9.17) is 4.74 Å². The van der Waals surface area contributed by atoms with Gasteiger partial charge in [0.1, 0.15) is 6.61 Å². The maximum atomic E-state index is 12.1. The number of ether oxygens (including phenoxy) is 1. The molecule has 4 rings (SSSR count). The van der Waals surface area contributed by atoms with Gasteiger partial charge in [0, 0.05) is 18.9 Å². The number of anilines is 1. The SMILES string of the molecule is Cn1cnc2cc(NC(=O)OCc3ccc(C4CCCCC4)cn3)ccc2c1=O. The molecule has 1 N–H and O–H groups in total. The number of nitrogens with one attached hydrogen (secondary N) is 1. The van der Waals surface area contributed by atoms with Crippen molar-refractivity contribution in [2.75, 3.05) is 5.32 Å². The fourth-order valence-corrected chi connectivity index (χ4v) is 3.78. The zero-order valence-electron chi connectivity index (χ0n) is 16.4. The molecule has 2 aromatic heterocycles. The lowest BCUT2D eigenvalue weighted by Gasteiger charge is -2.21. The van der Waals surface area contributed by atoms with Gasteiger partial charge in [-0.15, -0.1) is 0 Å². The number of rotatable bonds is 4. The van der Waals surface area contributed by atoms with Gasteiger partial charge in [-0.2, -0.15) is 0 Å². The minimum Gasteiger partial charge on any atom is -0.443 e. The Kier molecular flexibility index (Phi) is 5.55. The van der Waals surface area contributed by atoms with E-state index in [1.807, 2.05) is 12.3 Å². The summed E-state index contributed by atoms with van der Waals surface area (Å²) in [6.45, 7) is 0.100. The Morgan fingerprint density at radius 3 is 2.76 bits per heavy atom. The van der Waals surface area contributed by atoms with Crippen molar-refractivity contribution >= 4 is 22.7 Å². The number of aryl methyl sites for hydroxylation is 1. The number of amides is 1. The van der Waals surface area contributed by atoms with Gasteiger partial charge in [-0.3, -0.25) is 15.1 Å². The molecule has 0 radical (unpaired) electrons. The van der Waals surface area contributed by atoms with E-state index in [0.29, 0.717) is 28.2 Å². The van der Waals surface area contributed by atoms with Gasteiger partial charge in [0.2, 0.25) is 0 Å². The number of carbonyl (C=O) groups is 1. The largest absolute Gasteiger partial charge is 0.443 e. The third-order valence-corrected chi connectivity index (χ3v) is 5.44. The number of aromatic nitrogens is 3. The van der Waals surface area contributed by atoms with Gasteiger partial charge in [0.05, 0.1) is 22.9 Å². The van der Waals surface area contributed by atoms with Gasteiger partial charge in [-0.05, 0) is 48.6 Å². The third kappa shape index (κ3) is 4.45. The zero-order valence-corrected chi connectivity index (χ0v) is 16.4. The molecule has 1 aliphatic rings. The smallest absolute Gasteiger partial charge is 0.412 e. The lowest BCUT2D eigenvalue weighted by Crippen LogP contribution is -2.17. The first kappa shape index (κ1) is 19.1. The Morgan fingerprint density at radius 1 is 1.17 bits per heavy atom. The number of hydrogen-bond acceptors (Lipinski definition) is 5. The van der Waals surface area contributed by atoms with Gasteiger partial charge in [0.15, 0.2) is 0 Å². The molecule has 0 saturated heterocycles. The van der Waals surface area contributed by atoms with Crippen LogP contribution < -0.4 is 10.9 Å². The van der Waals surface area contributed by atoms with Crippen molar-refractivity contribution in [1.82, 2.24) is 14.5 Å². The minimum atomic E-state index is -0.577. The molecule has 1 amide bonds. The second-order valence-corrected chi connectivity index (χ2v) is 7.51. The van der Waals surface area contributed by atoms with E-state index in [2.05, 4.69) is 21.4 Å². The van der Waals surface area contributed by atoms with Crippen molar-refractivity contribution in [3.8, 4) is 0 Å². The highest BCUT2D eigenvalue weighted by molar-refractivity contribution is 5.89. The van der Waals surface area contributed by atoms with Gasteiger partial charge >= 0.3 is 6.09 Å². The minimum absolute atomic E-state index is 0.100. The van der Waals surface area contributed by atoms with Crippen molar-refractivity contribution in [3.05, 3.63) is 64.5 Å². The Hall–Kier alpha value is -3.22. The van der Waals surface area contributed by atoms with E-state index in [0.717, 1.165) is 0 Å². The second kappa shape index (κ2) is 8.43. The summed E-state index contributed by atoms with van der Waals surface area (Å²) in [7, 11) is 1.65. The first-order chi connectivity index (χ1) is 14.1. The second-order valence-electron chi connectivity index (χ2n) is 7.51. The number of benzene rings is 1. The van der Waals surface area contributed by atoms with Crippen molar-refractivity contribution < 1.29 is 9.53 Å². The van der Waals surface area contributed by atoms with E-state index in [-0.39, 0.29) is 12.2 Å². The van der Waals surface area contributed by atoms with Crippen LogP contribution in [0.4, 0.5) is 10.5 Å². The Bertz CT molecular complexity index is 1070. The monoisotopic (exact) mass is 392 g/mol. The molecular weight excluding hydrogens is 368 g/mol. The van der Waals surface area contributed by atoms with Crippen LogP contribution in [0.25, 0.3) is 10.9 Å². The van der Waals surface area contributed by atoms with E-state index >= 15 is 0 Å². The van der Waals surface area contributed by atoms with Crippen molar-refractivity contribution in [1.29, 1.82) is 0 Å². The topological polar surface area (TPSA) is 86.1 Å². The first-order valence-corrected chi connectivity index (χ1v) is 9.94. The van der Waals surface area contributed by atoms with Crippen molar-refractivity contribution in [3.63, 3.8) is 0 Å². The van der Waals surface area contributed by atoms with Gasteiger partial charge in [-0.25, -0.2) is 9.78 Å². The summed E-state index contributed by atoms with van der Waals surface area (Å²) in [4.78, 5) is 32.8. The predicted molar refractivity (Wildman–Crippen MR) is 111 cm³/mol. The molecular formula is C22H24N4O3. The Balaban J connectivity index is 1.34. The number of hydrogen-bond donors (Lipinski definition) is 1. The summed E-state index contributed by atoms with van der Waals surface area (Å²) >= 11 is 0. The molecule has 3 aromatic rings. The molecule has 1 aromatic carbocycles. The highest BCUT2D eigenvalue weighted by Gasteiger charge is 2.15. The Labute approximate surface area is 168 Å². The van der Waals surface area contributed by atoms with Crippen LogP contribution in [0, 0.1) is 0 Å². The Morgan fingerprint density at radius 2 is 2.00 bits per heavy atom. The van der Waals surface area contributed by atoms with Crippen LogP contribution >= 0.6 is 0 Å². The average Bonchev–Trinajstić information content (AvgIpc) is 2.76. The normalized spacial score (nSPS) is 14.7. The van der Waals surface area contributed by atoms with E-state index in [1.165, 1.54) is 48.6 Å². The molecule has 150 valence electrons. The van der Waals surface area contributed by atoms with Crippen LogP contribution in [0.5, 0.6) is 0 Å². The number of carbonyl (C=O) groups excluding carboxylic acids is 1. The lowest BCUT2D eigenvalue weighted by atomic mass is 9.85. The lowest BCUT2D eigenvalue weighted by molar-refractivity contribution is 0.153. The zero-order chi connectivity index (χ0) is 20.2. The number of pyridine rings is 1. The molecule has 0 atom stereocenters. The maximum absolute atomic E-state index is 12.1. The fourth-order valence-electron chi connectivity index (χ4n) is 3.78. The van der Waals surface area contributed by atoms with Gasteiger partial charge in [0.25, 0.3) is 5.56 Å². The fraction of sp³-hybridized carbons (Fsp3) is 0.364. The van der Waals surface area contributed by atoms with Crippen molar-refractivity contribution in [2.45, 2.75) is 44.6 Å². The highest BCUT2D eigenvalue weighted by Crippen LogP contribution is 2.32. The van der Waals surface area contributed by atoms with Crippen LogP contribution in [0.2, 0.25) is 0 Å². The molecule has 1 saturated carbocycles. The molecule has 2 heterocycles. The quantitative estimate of drug-likeness (QED) is 0.722. The summed E-state index contributed by atoms with van der Waals surface area (Å²) < 4.78 is 6.69. The third-order valence-electron chi connectivity index (χ3n) is 5.44. The predicted octanol–water partition coefficient (Wildman–Crippen LogP) is 4.12. The van der Waals surface area contributed by atoms with Gasteiger partial charge < -0.3 is 9.30 Å². The molecule has 0 spiro atoms. The standard InChI is InChI=1S/C22H24N4O3/c1-26-14-24-20-11-17(9-10-19(20)21(26)27)25-22(28)29-13-18-8-7-16(12-23-18)15-5-3-2-4-6-15/h7-12,14-15H,2-6,13H2,1H3,(H,25,28). The van der Waals surface area contributed by atoms with Crippen LogP contribution in [-0.2, 0) is 18.4 Å². The van der Waals surface area contributed by atoms with Crippen LogP contribution in [0.15, 0.2) is 47.7 Å². The highest BCUT2D eigenvalue weighted by atomic mass is 16.5. The summed E-state index contributed by atoms with van der Waals surface area (Å²) in [5.74, 6) is 0.604. The molecule has 1 fully saturated rings.